The maximum atomic E-state index is 11.5. The van der Waals surface area contributed by atoms with E-state index in [2.05, 4.69) is 5.32 Å². The first-order valence-corrected chi connectivity index (χ1v) is 14.0. The Morgan fingerprint density at radius 1 is 0.789 bits per heavy atom. The summed E-state index contributed by atoms with van der Waals surface area (Å²) in [5.41, 5.74) is 0. The molecule has 3 heterocycles. The summed E-state index contributed by atoms with van der Waals surface area (Å²) in [6, 6.07) is -0.924. The van der Waals surface area contributed by atoms with Gasteiger partial charge in [0, 0.05) is 18.9 Å². The van der Waals surface area contributed by atoms with E-state index in [0.717, 1.165) is 0 Å². The number of aliphatic hydroxyl groups excluding tert-OH is 4. The third-order valence-electron chi connectivity index (χ3n) is 7.48. The smallest absolute Gasteiger partial charge is 0.333 e. The van der Waals surface area contributed by atoms with Gasteiger partial charge in [-0.2, -0.15) is 8.42 Å². The van der Waals surface area contributed by atoms with Gasteiger partial charge in [-0.25, -0.2) is 5.14 Å². The second-order valence-electron chi connectivity index (χ2n) is 10.2. The lowest BCUT2D eigenvalue weighted by molar-refractivity contribution is -0.354. The summed E-state index contributed by atoms with van der Waals surface area (Å²) in [5, 5.41) is 50.6. The quantitative estimate of drug-likeness (QED) is 0.163. The third kappa shape index (κ3) is 7.01. The summed E-state index contributed by atoms with van der Waals surface area (Å²) < 4.78 is 62.7. The van der Waals surface area contributed by atoms with Gasteiger partial charge in [0.2, 0.25) is 0 Å². The van der Waals surface area contributed by atoms with Crippen LogP contribution in [0.3, 0.4) is 0 Å². The molecule has 15 atom stereocenters. The first kappa shape index (κ1) is 32.0. The lowest BCUT2D eigenvalue weighted by atomic mass is 9.91. The zero-order chi connectivity index (χ0) is 28.5. The molecule has 7 N–H and O–H groups in total. The van der Waals surface area contributed by atoms with Gasteiger partial charge in [0.25, 0.3) is 0 Å². The number of nitrogens with two attached hydrogens (primary N) is 1. The van der Waals surface area contributed by atoms with Crippen molar-refractivity contribution < 1.29 is 61.4 Å². The van der Waals surface area contributed by atoms with Crippen LogP contribution in [-0.2, 0) is 42.9 Å². The fourth-order valence-electron chi connectivity index (χ4n) is 5.05. The molecule has 0 aromatic rings. The van der Waals surface area contributed by atoms with Gasteiger partial charge < -0.3 is 54.2 Å². The monoisotopic (exact) mass is 574 g/mol. The molecule has 224 valence electrons. The number of nitrogens with one attached hydrogen (secondary N) is 1. The fraction of sp³-hybridized carbons (Fsp3) is 1.00. The molecule has 0 amide bonds. The molecule has 0 saturated carbocycles. The highest BCUT2D eigenvalue weighted by atomic mass is 32.2. The Balaban J connectivity index is 1.83. The summed E-state index contributed by atoms with van der Waals surface area (Å²) in [6.07, 6.45) is -12.4. The van der Waals surface area contributed by atoms with Crippen LogP contribution >= 0.6 is 0 Å². The zero-order valence-corrected chi connectivity index (χ0v) is 23.1. The van der Waals surface area contributed by atoms with Crippen LogP contribution in [0.15, 0.2) is 0 Å². The highest BCUT2D eigenvalue weighted by molar-refractivity contribution is 7.84. The molecule has 16 heteroatoms. The van der Waals surface area contributed by atoms with Crippen LogP contribution in [0.4, 0.5) is 0 Å². The second kappa shape index (κ2) is 12.9. The van der Waals surface area contributed by atoms with E-state index in [9.17, 15) is 28.8 Å². The number of hydrogen-bond donors (Lipinski definition) is 6. The summed E-state index contributed by atoms with van der Waals surface area (Å²) in [5.74, 6) is -1.16. The van der Waals surface area contributed by atoms with Crippen LogP contribution in [0.25, 0.3) is 0 Å². The average Bonchev–Trinajstić information content (AvgIpc) is 2.85. The molecule has 38 heavy (non-hydrogen) atoms. The first-order valence-electron chi connectivity index (χ1n) is 12.6. The molecule has 3 rings (SSSR count). The van der Waals surface area contributed by atoms with Crippen molar-refractivity contribution in [2.24, 2.45) is 17.0 Å². The Bertz CT molecular complexity index is 868. The van der Waals surface area contributed by atoms with Crippen molar-refractivity contribution in [2.45, 2.75) is 108 Å². The van der Waals surface area contributed by atoms with Crippen LogP contribution < -0.4 is 10.5 Å². The molecule has 0 aliphatic carbocycles. The van der Waals surface area contributed by atoms with Gasteiger partial charge in [-0.1, -0.05) is 13.8 Å². The van der Waals surface area contributed by atoms with Crippen molar-refractivity contribution in [1.82, 2.24) is 5.32 Å². The van der Waals surface area contributed by atoms with Gasteiger partial charge in [-0.05, 0) is 20.9 Å². The van der Waals surface area contributed by atoms with E-state index in [1.54, 1.807) is 34.7 Å². The SMILES string of the molecule is CNC1[C@H](OC2C(C)O[C@@H](OC)C(C)[C@@H]2O)OC(COS(N)(=O)=O)[C@@H](O[C@@H]2OC(C)C(O)[C@@H](O)C2C)[C@@H]1O. The Morgan fingerprint density at radius 3 is 1.95 bits per heavy atom. The maximum absolute atomic E-state index is 11.5. The van der Waals surface area contributed by atoms with Crippen LogP contribution in [0.2, 0.25) is 0 Å². The molecule has 0 aromatic heterocycles. The Hall–Kier alpha value is -0.570. The van der Waals surface area contributed by atoms with Crippen LogP contribution in [0, 0.1) is 11.8 Å². The van der Waals surface area contributed by atoms with Gasteiger partial charge in [-0.3, -0.25) is 4.18 Å². The molecule has 0 spiro atoms. The normalized spacial score (nSPS) is 48.7. The molecule has 0 bridgehead atoms. The lowest BCUT2D eigenvalue weighted by Gasteiger charge is -2.49. The highest BCUT2D eigenvalue weighted by Crippen LogP contribution is 2.34. The minimum Gasteiger partial charge on any atom is -0.390 e. The number of likely N-dealkylation sites (N-methyl/N-ethyl adjacent to an activating group) is 1. The topological polar surface area (TPSA) is 218 Å². The van der Waals surface area contributed by atoms with Gasteiger partial charge in [-0.15, -0.1) is 0 Å². The zero-order valence-electron chi connectivity index (χ0n) is 22.3. The summed E-state index contributed by atoms with van der Waals surface area (Å²) in [6.45, 7) is 5.94. The van der Waals surface area contributed by atoms with E-state index < -0.39 is 109 Å². The van der Waals surface area contributed by atoms with E-state index in [1.165, 1.54) is 7.11 Å². The average molecular weight is 575 g/mol. The lowest BCUT2D eigenvalue weighted by Crippen LogP contribution is -2.67. The molecule has 3 aliphatic rings. The minimum atomic E-state index is -4.38. The van der Waals surface area contributed by atoms with E-state index in [0.29, 0.717) is 0 Å². The molecule has 0 radical (unpaired) electrons. The van der Waals surface area contributed by atoms with E-state index >= 15 is 0 Å². The molecular formula is C22H42N2O13S. The maximum Gasteiger partial charge on any atom is 0.333 e. The molecule has 3 fully saturated rings. The summed E-state index contributed by atoms with van der Waals surface area (Å²) in [7, 11) is -1.37. The van der Waals surface area contributed by atoms with Crippen molar-refractivity contribution in [3.63, 3.8) is 0 Å². The molecule has 3 aliphatic heterocycles. The van der Waals surface area contributed by atoms with E-state index in [4.69, 9.17) is 37.7 Å². The fourth-order valence-corrected chi connectivity index (χ4v) is 5.37. The Kier molecular flexibility index (Phi) is 10.9. The number of rotatable bonds is 9. The van der Waals surface area contributed by atoms with Gasteiger partial charge in [0.05, 0.1) is 37.1 Å². The van der Waals surface area contributed by atoms with Crippen molar-refractivity contribution in [3.8, 4) is 0 Å². The largest absolute Gasteiger partial charge is 0.390 e. The number of methoxy groups -OCH3 is 1. The summed E-state index contributed by atoms with van der Waals surface area (Å²) >= 11 is 0. The van der Waals surface area contributed by atoms with Crippen LogP contribution in [-0.4, -0.2) is 129 Å². The molecule has 15 nitrogen and oxygen atoms in total. The number of hydrogen-bond acceptors (Lipinski definition) is 14. The van der Waals surface area contributed by atoms with Crippen molar-refractivity contribution >= 4 is 10.3 Å². The van der Waals surface area contributed by atoms with E-state index in [-0.39, 0.29) is 0 Å². The van der Waals surface area contributed by atoms with Crippen LogP contribution in [0.5, 0.6) is 0 Å². The first-order chi connectivity index (χ1) is 17.7. The van der Waals surface area contributed by atoms with Gasteiger partial charge >= 0.3 is 10.3 Å². The molecule has 8 unspecified atom stereocenters. The second-order valence-corrected chi connectivity index (χ2v) is 11.4. The number of ether oxygens (including phenoxy) is 6. The van der Waals surface area contributed by atoms with Crippen LogP contribution in [0.1, 0.15) is 27.7 Å². The molecule has 3 saturated heterocycles. The van der Waals surface area contributed by atoms with Crippen molar-refractivity contribution in [3.05, 3.63) is 0 Å². The molecule has 0 aromatic carbocycles. The van der Waals surface area contributed by atoms with Crippen molar-refractivity contribution in [2.75, 3.05) is 20.8 Å². The Morgan fingerprint density at radius 2 is 1.37 bits per heavy atom. The summed E-state index contributed by atoms with van der Waals surface area (Å²) in [4.78, 5) is 0. The standard InChI is InChI=1S/C22H42N2O13S/c1-8-14(25)16(27)10(3)33-21(8)37-19-12(7-32-38(23,29)30)35-22(13(24-5)17(19)28)36-18-11(4)34-20(31-6)9(2)15(18)26/h8-22,24-28H,7H2,1-6H3,(H2,23,29,30)/t8?,9?,10?,11?,12?,13?,14-,15-,16?,17+,18?,19+,20+,21-,22-/m0/s1. The number of aliphatic hydroxyl groups is 4. The van der Waals surface area contributed by atoms with Gasteiger partial charge in [0.15, 0.2) is 18.9 Å². The third-order valence-corrected chi connectivity index (χ3v) is 7.95. The van der Waals surface area contributed by atoms with Crippen molar-refractivity contribution in [1.29, 1.82) is 0 Å². The minimum absolute atomic E-state index is 0.450. The predicted octanol–water partition coefficient (Wildman–Crippen LogP) is -2.86. The van der Waals surface area contributed by atoms with Gasteiger partial charge in [0.1, 0.15) is 30.5 Å². The Labute approximate surface area is 222 Å². The predicted molar refractivity (Wildman–Crippen MR) is 128 cm³/mol. The molecular weight excluding hydrogens is 532 g/mol. The van der Waals surface area contributed by atoms with E-state index in [1.807, 2.05) is 0 Å². The highest BCUT2D eigenvalue weighted by Gasteiger charge is 2.52.